The van der Waals surface area contributed by atoms with Gasteiger partial charge in [0.1, 0.15) is 5.15 Å². The molecule has 0 saturated heterocycles. The summed E-state index contributed by atoms with van der Waals surface area (Å²) in [5.41, 5.74) is 0.564. The lowest BCUT2D eigenvalue weighted by Gasteiger charge is -2.05. The highest BCUT2D eigenvalue weighted by Gasteiger charge is 2.04. The van der Waals surface area contributed by atoms with Gasteiger partial charge >= 0.3 is 0 Å². The Labute approximate surface area is 111 Å². The number of nitrogens with one attached hydrogen (secondary N) is 1. The molecular weight excluding hydrogens is 256 g/mol. The van der Waals surface area contributed by atoms with Gasteiger partial charge in [-0.05, 0) is 37.0 Å². The van der Waals surface area contributed by atoms with Gasteiger partial charge in [0.05, 0.1) is 0 Å². The van der Waals surface area contributed by atoms with Gasteiger partial charge in [0.25, 0.3) is 5.91 Å². The van der Waals surface area contributed by atoms with Crippen molar-refractivity contribution in [3.8, 4) is 0 Å². The molecule has 0 bridgehead atoms. The van der Waals surface area contributed by atoms with Crippen LogP contribution in [0.1, 0.15) is 29.6 Å². The van der Waals surface area contributed by atoms with Crippen LogP contribution in [0.25, 0.3) is 0 Å². The third-order valence-corrected chi connectivity index (χ3v) is 3.20. The van der Waals surface area contributed by atoms with Gasteiger partial charge < -0.3 is 5.32 Å². The van der Waals surface area contributed by atoms with Crippen LogP contribution in [-0.2, 0) is 0 Å². The average Bonchev–Trinajstić information content (AvgIpc) is 2.33. The first-order valence-corrected chi connectivity index (χ1v) is 7.40. The van der Waals surface area contributed by atoms with E-state index in [1.807, 2.05) is 11.8 Å². The highest BCUT2D eigenvalue weighted by atomic mass is 35.5. The lowest BCUT2D eigenvalue weighted by atomic mass is 10.2. The molecule has 0 spiro atoms. The summed E-state index contributed by atoms with van der Waals surface area (Å²) in [7, 11) is 0. The molecule has 0 saturated carbocycles. The number of rotatable bonds is 7. The topological polar surface area (TPSA) is 42.0 Å². The molecule has 0 aliphatic heterocycles. The molecule has 0 fully saturated rings. The van der Waals surface area contributed by atoms with E-state index in [0.29, 0.717) is 17.3 Å². The fraction of sp³-hybridized carbons (Fsp3) is 0.500. The highest BCUT2D eigenvalue weighted by Crippen LogP contribution is 2.07. The second kappa shape index (κ2) is 8.37. The minimum absolute atomic E-state index is 0.0841. The molecule has 0 unspecified atom stereocenters. The van der Waals surface area contributed by atoms with E-state index in [-0.39, 0.29) is 5.91 Å². The van der Waals surface area contributed by atoms with E-state index in [1.54, 1.807) is 12.1 Å². The molecule has 0 aromatic carbocycles. The zero-order valence-corrected chi connectivity index (χ0v) is 11.5. The zero-order chi connectivity index (χ0) is 12.5. The average molecular weight is 273 g/mol. The second-order valence-electron chi connectivity index (χ2n) is 3.68. The monoisotopic (exact) mass is 272 g/mol. The van der Waals surface area contributed by atoms with Gasteiger partial charge in [0, 0.05) is 18.3 Å². The van der Waals surface area contributed by atoms with Crippen molar-refractivity contribution in [2.75, 3.05) is 18.6 Å². The Bertz CT molecular complexity index is 360. The standard InChI is InChI=1S/C12H17ClN2OS/c1-17-8-4-2-3-6-15-12(16)10-5-7-14-11(13)9-10/h5,7,9H,2-4,6,8H2,1H3,(H,15,16). The molecule has 17 heavy (non-hydrogen) atoms. The lowest BCUT2D eigenvalue weighted by molar-refractivity contribution is 0.0953. The number of amides is 1. The van der Waals surface area contributed by atoms with Crippen LogP contribution in [0.2, 0.25) is 5.15 Å². The van der Waals surface area contributed by atoms with E-state index >= 15 is 0 Å². The Kier molecular flexibility index (Phi) is 7.05. The van der Waals surface area contributed by atoms with Crippen LogP contribution in [0.3, 0.4) is 0 Å². The number of thioether (sulfide) groups is 1. The van der Waals surface area contributed by atoms with E-state index in [4.69, 9.17) is 11.6 Å². The molecule has 0 aliphatic carbocycles. The summed E-state index contributed by atoms with van der Waals surface area (Å²) in [5, 5.41) is 3.22. The molecule has 0 aliphatic rings. The first-order chi connectivity index (χ1) is 8.24. The SMILES string of the molecule is CSCCCCCNC(=O)c1ccnc(Cl)c1. The first-order valence-electron chi connectivity index (χ1n) is 5.62. The Morgan fingerprint density at radius 3 is 3.00 bits per heavy atom. The Hall–Kier alpha value is -0.740. The minimum Gasteiger partial charge on any atom is -0.352 e. The number of pyridine rings is 1. The van der Waals surface area contributed by atoms with Gasteiger partial charge in [0.15, 0.2) is 0 Å². The molecule has 1 amide bonds. The zero-order valence-electron chi connectivity index (χ0n) is 9.91. The number of halogens is 1. The van der Waals surface area contributed by atoms with Crippen LogP contribution >= 0.6 is 23.4 Å². The van der Waals surface area contributed by atoms with Crippen molar-refractivity contribution in [3.63, 3.8) is 0 Å². The molecule has 5 heteroatoms. The molecule has 1 heterocycles. The van der Waals surface area contributed by atoms with E-state index in [0.717, 1.165) is 12.8 Å². The van der Waals surface area contributed by atoms with Crippen molar-refractivity contribution in [1.29, 1.82) is 0 Å². The molecule has 3 nitrogen and oxygen atoms in total. The molecule has 0 atom stereocenters. The Balaban J connectivity index is 2.21. The van der Waals surface area contributed by atoms with Gasteiger partial charge in [-0.1, -0.05) is 18.0 Å². The van der Waals surface area contributed by atoms with Crippen molar-refractivity contribution in [2.45, 2.75) is 19.3 Å². The van der Waals surface area contributed by atoms with Gasteiger partial charge in [-0.3, -0.25) is 4.79 Å². The molecule has 1 rings (SSSR count). The van der Waals surface area contributed by atoms with E-state index < -0.39 is 0 Å². The van der Waals surface area contributed by atoms with Crippen LogP contribution in [0.4, 0.5) is 0 Å². The molecule has 0 radical (unpaired) electrons. The smallest absolute Gasteiger partial charge is 0.251 e. The van der Waals surface area contributed by atoms with Gasteiger partial charge in [-0.15, -0.1) is 0 Å². The van der Waals surface area contributed by atoms with Crippen molar-refractivity contribution in [3.05, 3.63) is 29.0 Å². The number of nitrogens with zero attached hydrogens (tertiary/aromatic N) is 1. The summed E-state index contributed by atoms with van der Waals surface area (Å²) in [5.74, 6) is 1.10. The van der Waals surface area contributed by atoms with Gasteiger partial charge in [-0.25, -0.2) is 4.98 Å². The highest BCUT2D eigenvalue weighted by molar-refractivity contribution is 7.98. The van der Waals surface area contributed by atoms with Crippen LogP contribution < -0.4 is 5.32 Å². The van der Waals surface area contributed by atoms with Crippen molar-refractivity contribution in [1.82, 2.24) is 10.3 Å². The third-order valence-electron chi connectivity index (χ3n) is 2.30. The van der Waals surface area contributed by atoms with Crippen molar-refractivity contribution in [2.24, 2.45) is 0 Å². The maximum absolute atomic E-state index is 11.7. The molecule has 94 valence electrons. The number of hydrogen-bond donors (Lipinski definition) is 1. The summed E-state index contributed by atoms with van der Waals surface area (Å²) in [4.78, 5) is 15.5. The number of aromatic nitrogens is 1. The quantitative estimate of drug-likeness (QED) is 0.613. The predicted molar refractivity (Wildman–Crippen MR) is 73.8 cm³/mol. The van der Waals surface area contributed by atoms with E-state index in [2.05, 4.69) is 16.6 Å². The second-order valence-corrected chi connectivity index (χ2v) is 5.05. The van der Waals surface area contributed by atoms with Crippen LogP contribution in [-0.4, -0.2) is 29.4 Å². The largest absolute Gasteiger partial charge is 0.352 e. The third kappa shape index (κ3) is 5.94. The lowest BCUT2D eigenvalue weighted by Crippen LogP contribution is -2.24. The number of hydrogen-bond acceptors (Lipinski definition) is 3. The van der Waals surface area contributed by atoms with Crippen molar-refractivity contribution >= 4 is 29.3 Å². The Morgan fingerprint density at radius 2 is 2.29 bits per heavy atom. The summed E-state index contributed by atoms with van der Waals surface area (Å²) in [6.07, 6.45) is 7.02. The number of carbonyl (C=O) groups is 1. The predicted octanol–water partition coefficient (Wildman–Crippen LogP) is 3.00. The van der Waals surface area contributed by atoms with Gasteiger partial charge in [-0.2, -0.15) is 11.8 Å². The summed E-state index contributed by atoms with van der Waals surface area (Å²) in [6, 6.07) is 3.24. The molecule has 1 aromatic rings. The normalized spacial score (nSPS) is 10.2. The Morgan fingerprint density at radius 1 is 1.47 bits per heavy atom. The summed E-state index contributed by atoms with van der Waals surface area (Å²) >= 11 is 7.57. The van der Waals surface area contributed by atoms with E-state index in [9.17, 15) is 4.79 Å². The van der Waals surface area contributed by atoms with Crippen molar-refractivity contribution < 1.29 is 4.79 Å². The fourth-order valence-electron chi connectivity index (χ4n) is 1.40. The van der Waals surface area contributed by atoms with Crippen LogP contribution in [0, 0.1) is 0 Å². The van der Waals surface area contributed by atoms with Gasteiger partial charge in [0.2, 0.25) is 0 Å². The first kappa shape index (κ1) is 14.3. The summed E-state index contributed by atoms with van der Waals surface area (Å²) in [6.45, 7) is 0.715. The minimum atomic E-state index is -0.0841. The molecule has 1 aromatic heterocycles. The van der Waals surface area contributed by atoms with E-state index in [1.165, 1.54) is 18.4 Å². The van der Waals surface area contributed by atoms with Crippen LogP contribution in [0.15, 0.2) is 18.3 Å². The molecular formula is C12H17ClN2OS. The maximum atomic E-state index is 11.7. The molecule has 1 N–H and O–H groups in total. The maximum Gasteiger partial charge on any atom is 0.251 e. The fourth-order valence-corrected chi connectivity index (χ4v) is 2.06. The van der Waals surface area contributed by atoms with Crippen LogP contribution in [0.5, 0.6) is 0 Å². The summed E-state index contributed by atoms with van der Waals surface area (Å²) < 4.78 is 0. The number of carbonyl (C=O) groups excluding carboxylic acids is 1. The number of unbranched alkanes of at least 4 members (excludes halogenated alkanes) is 2.